The molecule has 3 heterocycles. The molecule has 4 nitrogen and oxygen atoms in total. The van der Waals surface area contributed by atoms with Crippen LogP contribution in [0.5, 0.6) is 0 Å². The number of nitrogens with zero attached hydrogens (tertiary/aromatic N) is 3. The van der Waals surface area contributed by atoms with Crippen LogP contribution in [0.2, 0.25) is 0 Å². The third-order valence-electron chi connectivity index (χ3n) is 3.94. The molecule has 0 saturated carbocycles. The van der Waals surface area contributed by atoms with E-state index in [1.54, 1.807) is 11.3 Å². The van der Waals surface area contributed by atoms with Gasteiger partial charge in [-0.1, -0.05) is 11.3 Å². The molecule has 0 aliphatic carbocycles. The summed E-state index contributed by atoms with van der Waals surface area (Å²) < 4.78 is 0. The predicted molar refractivity (Wildman–Crippen MR) is 61.2 cm³/mol. The van der Waals surface area contributed by atoms with Crippen LogP contribution in [0.3, 0.4) is 0 Å². The van der Waals surface area contributed by atoms with Crippen molar-refractivity contribution < 1.29 is 0 Å². The van der Waals surface area contributed by atoms with Gasteiger partial charge in [0.2, 0.25) is 5.13 Å². The van der Waals surface area contributed by atoms with E-state index in [0.717, 1.165) is 36.6 Å². The van der Waals surface area contributed by atoms with E-state index in [1.807, 2.05) is 5.51 Å². The van der Waals surface area contributed by atoms with Gasteiger partial charge in [0, 0.05) is 25.2 Å². The molecule has 0 radical (unpaired) electrons. The zero-order chi connectivity index (χ0) is 10.5. The van der Waals surface area contributed by atoms with Crippen LogP contribution in [-0.2, 0) is 0 Å². The fourth-order valence-electron chi connectivity index (χ4n) is 3.03. The molecule has 1 N–H and O–H groups in total. The first kappa shape index (κ1) is 9.54. The molecule has 0 aromatic carbocycles. The maximum Gasteiger partial charge on any atom is 0.208 e. The summed E-state index contributed by atoms with van der Waals surface area (Å²) in [4.78, 5) is 2.43. The standard InChI is InChI=1S/C10H16N4S/c1-10(2)8-4-11-3-7(8)5-14(10)9-13-12-6-15-9/h6-8,11H,3-5H2,1-2H3. The van der Waals surface area contributed by atoms with Crippen molar-refractivity contribution in [1.82, 2.24) is 15.5 Å². The first-order valence-corrected chi connectivity index (χ1v) is 6.32. The highest BCUT2D eigenvalue weighted by molar-refractivity contribution is 7.13. The minimum atomic E-state index is 0.216. The molecule has 82 valence electrons. The lowest BCUT2D eigenvalue weighted by molar-refractivity contribution is 0.356. The summed E-state index contributed by atoms with van der Waals surface area (Å²) in [6, 6.07) is 0. The first-order valence-electron chi connectivity index (χ1n) is 5.44. The van der Waals surface area contributed by atoms with Gasteiger partial charge in [-0.25, -0.2) is 0 Å². The number of rotatable bonds is 1. The first-order chi connectivity index (χ1) is 7.19. The third-order valence-corrected chi connectivity index (χ3v) is 4.65. The van der Waals surface area contributed by atoms with E-state index in [-0.39, 0.29) is 5.54 Å². The monoisotopic (exact) mass is 224 g/mol. The van der Waals surface area contributed by atoms with Crippen LogP contribution in [0.4, 0.5) is 5.13 Å². The number of anilines is 1. The molecule has 0 spiro atoms. The highest BCUT2D eigenvalue weighted by Gasteiger charge is 2.50. The SMILES string of the molecule is CC1(C)C2CNCC2CN1c1nncs1. The molecule has 15 heavy (non-hydrogen) atoms. The van der Waals surface area contributed by atoms with Crippen LogP contribution in [0.25, 0.3) is 0 Å². The van der Waals surface area contributed by atoms with Crippen LogP contribution in [0.15, 0.2) is 5.51 Å². The van der Waals surface area contributed by atoms with Gasteiger partial charge in [0.1, 0.15) is 5.51 Å². The molecule has 2 aliphatic heterocycles. The molecular weight excluding hydrogens is 208 g/mol. The topological polar surface area (TPSA) is 41.0 Å². The summed E-state index contributed by atoms with van der Waals surface area (Å²) in [5.41, 5.74) is 2.03. The summed E-state index contributed by atoms with van der Waals surface area (Å²) in [5, 5.41) is 12.7. The average Bonchev–Trinajstić information content (AvgIpc) is 2.86. The van der Waals surface area contributed by atoms with Gasteiger partial charge in [0.05, 0.1) is 0 Å². The number of aromatic nitrogens is 2. The van der Waals surface area contributed by atoms with Crippen LogP contribution in [-0.4, -0.2) is 35.4 Å². The zero-order valence-electron chi connectivity index (χ0n) is 9.10. The molecule has 2 saturated heterocycles. The molecule has 3 rings (SSSR count). The van der Waals surface area contributed by atoms with Crippen molar-refractivity contribution in [2.75, 3.05) is 24.5 Å². The Hall–Kier alpha value is -0.680. The second-order valence-corrected chi connectivity index (χ2v) is 5.82. The maximum atomic E-state index is 4.20. The Morgan fingerprint density at radius 3 is 3.07 bits per heavy atom. The Balaban J connectivity index is 1.93. The van der Waals surface area contributed by atoms with Crippen LogP contribution in [0, 0.1) is 11.8 Å². The number of hydrogen-bond acceptors (Lipinski definition) is 5. The minimum absolute atomic E-state index is 0.216. The van der Waals surface area contributed by atoms with E-state index in [9.17, 15) is 0 Å². The summed E-state index contributed by atoms with van der Waals surface area (Å²) in [5.74, 6) is 1.53. The molecular formula is C10H16N4S. The molecule has 2 fully saturated rings. The van der Waals surface area contributed by atoms with Gasteiger partial charge in [0.15, 0.2) is 0 Å². The lowest BCUT2D eigenvalue weighted by Crippen LogP contribution is -2.44. The number of fused-ring (bicyclic) bond motifs is 1. The fraction of sp³-hybridized carbons (Fsp3) is 0.800. The molecule has 0 amide bonds. The largest absolute Gasteiger partial charge is 0.341 e. The predicted octanol–water partition coefficient (Wildman–Crippen LogP) is 0.972. The highest BCUT2D eigenvalue weighted by Crippen LogP contribution is 2.43. The van der Waals surface area contributed by atoms with Gasteiger partial charge in [-0.2, -0.15) is 0 Å². The van der Waals surface area contributed by atoms with Crippen LogP contribution >= 0.6 is 11.3 Å². The van der Waals surface area contributed by atoms with Crippen molar-refractivity contribution in [1.29, 1.82) is 0 Å². The Kier molecular flexibility index (Phi) is 2.01. The zero-order valence-corrected chi connectivity index (χ0v) is 9.92. The maximum absolute atomic E-state index is 4.20. The van der Waals surface area contributed by atoms with Gasteiger partial charge >= 0.3 is 0 Å². The number of nitrogens with one attached hydrogen (secondary N) is 1. The highest BCUT2D eigenvalue weighted by atomic mass is 32.1. The Bertz CT molecular complexity index is 348. The Labute approximate surface area is 93.7 Å². The summed E-state index contributed by atoms with van der Waals surface area (Å²) in [6.45, 7) is 8.08. The molecule has 2 atom stereocenters. The molecule has 0 bridgehead atoms. The number of hydrogen-bond donors (Lipinski definition) is 1. The van der Waals surface area contributed by atoms with Gasteiger partial charge in [-0.05, 0) is 25.7 Å². The van der Waals surface area contributed by atoms with Gasteiger partial charge < -0.3 is 10.2 Å². The van der Waals surface area contributed by atoms with Crippen LogP contribution in [0.1, 0.15) is 13.8 Å². The molecule has 1 aromatic rings. The lowest BCUT2D eigenvalue weighted by Gasteiger charge is -2.35. The Morgan fingerprint density at radius 1 is 1.53 bits per heavy atom. The molecule has 2 aliphatic rings. The van der Waals surface area contributed by atoms with Gasteiger partial charge in [0.25, 0.3) is 0 Å². The van der Waals surface area contributed by atoms with Gasteiger partial charge in [-0.15, -0.1) is 10.2 Å². The minimum Gasteiger partial charge on any atom is -0.341 e. The second kappa shape index (κ2) is 3.15. The summed E-state index contributed by atoms with van der Waals surface area (Å²) in [6.07, 6.45) is 0. The van der Waals surface area contributed by atoms with Crippen molar-refractivity contribution in [3.05, 3.63) is 5.51 Å². The molecule has 1 aromatic heterocycles. The van der Waals surface area contributed by atoms with Crippen molar-refractivity contribution in [3.63, 3.8) is 0 Å². The summed E-state index contributed by atoms with van der Waals surface area (Å²) in [7, 11) is 0. The smallest absolute Gasteiger partial charge is 0.208 e. The van der Waals surface area contributed by atoms with E-state index < -0.39 is 0 Å². The van der Waals surface area contributed by atoms with E-state index >= 15 is 0 Å². The van der Waals surface area contributed by atoms with Crippen molar-refractivity contribution in [2.24, 2.45) is 11.8 Å². The second-order valence-electron chi connectivity index (χ2n) is 5.01. The van der Waals surface area contributed by atoms with E-state index in [0.29, 0.717) is 0 Å². The normalized spacial score (nSPS) is 33.3. The third kappa shape index (κ3) is 1.29. The summed E-state index contributed by atoms with van der Waals surface area (Å²) >= 11 is 1.64. The molecule has 2 unspecified atom stereocenters. The average molecular weight is 224 g/mol. The van der Waals surface area contributed by atoms with Crippen molar-refractivity contribution >= 4 is 16.5 Å². The molecule has 5 heteroatoms. The van der Waals surface area contributed by atoms with Gasteiger partial charge in [-0.3, -0.25) is 0 Å². The van der Waals surface area contributed by atoms with E-state index in [2.05, 4.69) is 34.3 Å². The van der Waals surface area contributed by atoms with E-state index in [1.165, 1.54) is 0 Å². The van der Waals surface area contributed by atoms with Crippen molar-refractivity contribution in [3.8, 4) is 0 Å². The lowest BCUT2D eigenvalue weighted by atomic mass is 9.85. The van der Waals surface area contributed by atoms with Crippen LogP contribution < -0.4 is 10.2 Å². The Morgan fingerprint density at radius 2 is 2.40 bits per heavy atom. The van der Waals surface area contributed by atoms with Crippen molar-refractivity contribution in [2.45, 2.75) is 19.4 Å². The quantitative estimate of drug-likeness (QED) is 0.772. The van der Waals surface area contributed by atoms with E-state index in [4.69, 9.17) is 0 Å². The fourth-order valence-corrected chi connectivity index (χ4v) is 3.75.